The van der Waals surface area contributed by atoms with Gasteiger partial charge in [0.1, 0.15) is 5.69 Å². The third-order valence-corrected chi connectivity index (χ3v) is 6.40. The van der Waals surface area contributed by atoms with E-state index >= 15 is 0 Å². The molecule has 3 N–H and O–H groups in total. The first-order valence-electron chi connectivity index (χ1n) is 12.0. The molecule has 8 nitrogen and oxygen atoms in total. The Hall–Kier alpha value is -4.30. The van der Waals surface area contributed by atoms with Gasteiger partial charge in [0, 0.05) is 43.6 Å². The summed E-state index contributed by atoms with van der Waals surface area (Å²) < 4.78 is 1.72. The highest BCUT2D eigenvalue weighted by Crippen LogP contribution is 2.21. The number of piperazine rings is 1. The van der Waals surface area contributed by atoms with Gasteiger partial charge < -0.3 is 16.0 Å². The highest BCUT2D eigenvalue weighted by molar-refractivity contribution is 5.92. The van der Waals surface area contributed by atoms with Crippen LogP contribution in [0, 0.1) is 6.92 Å². The van der Waals surface area contributed by atoms with Crippen LogP contribution in [0.1, 0.15) is 37.8 Å². The Morgan fingerprint density at radius 2 is 1.53 bits per heavy atom. The maximum Gasteiger partial charge on any atom is 0.272 e. The first-order chi connectivity index (χ1) is 17.5. The second-order valence-electron chi connectivity index (χ2n) is 8.96. The molecule has 1 aliphatic heterocycles. The van der Waals surface area contributed by atoms with Crippen molar-refractivity contribution < 1.29 is 9.59 Å². The molecule has 5 rings (SSSR count). The maximum atomic E-state index is 12.6. The fraction of sp³-hybridized carbons (Fsp3) is 0.214. The number of benzene rings is 2. The average Bonchev–Trinajstić information content (AvgIpc) is 3.32. The number of hydrogen-bond donors (Lipinski definition) is 2. The molecule has 0 radical (unpaired) electrons. The lowest BCUT2D eigenvalue weighted by Gasteiger charge is -2.27. The lowest BCUT2D eigenvalue weighted by Crippen LogP contribution is -2.46. The van der Waals surface area contributed by atoms with Crippen molar-refractivity contribution in [3.63, 3.8) is 0 Å². The summed E-state index contributed by atoms with van der Waals surface area (Å²) in [5.41, 5.74) is 12.2. The van der Waals surface area contributed by atoms with E-state index in [0.29, 0.717) is 18.8 Å². The van der Waals surface area contributed by atoms with E-state index in [9.17, 15) is 9.59 Å². The Balaban J connectivity index is 1.24. The van der Waals surface area contributed by atoms with Crippen LogP contribution in [0.2, 0.25) is 0 Å². The summed E-state index contributed by atoms with van der Waals surface area (Å²) in [6.45, 7) is 4.96. The minimum Gasteiger partial charge on any atom is -0.364 e. The summed E-state index contributed by atoms with van der Waals surface area (Å²) in [6, 6.07) is 21.9. The molecule has 0 spiro atoms. The van der Waals surface area contributed by atoms with E-state index < -0.39 is 5.91 Å². The van der Waals surface area contributed by atoms with Crippen molar-refractivity contribution >= 4 is 11.8 Å². The number of rotatable bonds is 6. The average molecular weight is 481 g/mol. The molecule has 0 saturated carbocycles. The molecule has 1 fully saturated rings. The molecule has 0 aliphatic carbocycles. The third-order valence-electron chi connectivity index (χ3n) is 6.40. The number of primary amides is 1. The molecule has 2 aromatic heterocycles. The van der Waals surface area contributed by atoms with E-state index in [0.717, 1.165) is 42.0 Å². The maximum absolute atomic E-state index is 12.6. The molecule has 0 bridgehead atoms. The predicted molar refractivity (Wildman–Crippen MR) is 138 cm³/mol. The van der Waals surface area contributed by atoms with Gasteiger partial charge in [-0.05, 0) is 54.3 Å². The van der Waals surface area contributed by atoms with Crippen LogP contribution in [0.5, 0.6) is 0 Å². The molecule has 1 aliphatic rings. The van der Waals surface area contributed by atoms with Crippen LogP contribution in [-0.2, 0) is 6.42 Å². The molecule has 0 unspecified atom stereocenters. The Labute approximate surface area is 209 Å². The largest absolute Gasteiger partial charge is 0.364 e. The van der Waals surface area contributed by atoms with Gasteiger partial charge in [-0.3, -0.25) is 14.6 Å². The highest BCUT2D eigenvalue weighted by Gasteiger charge is 2.19. The van der Waals surface area contributed by atoms with Crippen molar-refractivity contribution in [2.45, 2.75) is 13.3 Å². The summed E-state index contributed by atoms with van der Waals surface area (Å²) in [5.74, 6) is -0.548. The van der Waals surface area contributed by atoms with Gasteiger partial charge in [-0.2, -0.15) is 5.10 Å². The van der Waals surface area contributed by atoms with E-state index in [2.05, 4.69) is 51.8 Å². The monoisotopic (exact) mass is 480 g/mol. The summed E-state index contributed by atoms with van der Waals surface area (Å²) in [6.07, 6.45) is 2.56. The molecular weight excluding hydrogens is 452 g/mol. The van der Waals surface area contributed by atoms with Crippen molar-refractivity contribution in [2.75, 3.05) is 26.2 Å². The summed E-state index contributed by atoms with van der Waals surface area (Å²) in [5, 5.41) is 7.54. The summed E-state index contributed by atoms with van der Waals surface area (Å²) in [7, 11) is 0. The summed E-state index contributed by atoms with van der Waals surface area (Å²) in [4.78, 5) is 30.3. The van der Waals surface area contributed by atoms with E-state index in [4.69, 9.17) is 5.73 Å². The van der Waals surface area contributed by atoms with Crippen molar-refractivity contribution in [1.29, 1.82) is 0 Å². The molecule has 0 atom stereocenters. The Morgan fingerprint density at radius 1 is 0.889 bits per heavy atom. The molecule has 4 aromatic rings. The SMILES string of the molecule is Cc1cc(C(N)=O)nn1-c1ccc(Cc2ccc(-c3ccc(C(=O)N4CCNCC4)nc3)cc2)cc1. The topological polar surface area (TPSA) is 106 Å². The third kappa shape index (κ3) is 5.04. The lowest BCUT2D eigenvalue weighted by molar-refractivity contribution is 0.0729. The van der Waals surface area contributed by atoms with Gasteiger partial charge in [0.2, 0.25) is 0 Å². The second kappa shape index (κ2) is 10.1. The van der Waals surface area contributed by atoms with E-state index in [-0.39, 0.29) is 11.6 Å². The Kier molecular flexibility index (Phi) is 6.60. The van der Waals surface area contributed by atoms with Gasteiger partial charge in [-0.1, -0.05) is 42.5 Å². The molecule has 2 aromatic carbocycles. The van der Waals surface area contributed by atoms with Crippen molar-refractivity contribution in [3.05, 3.63) is 101 Å². The lowest BCUT2D eigenvalue weighted by atomic mass is 10.0. The zero-order chi connectivity index (χ0) is 25.1. The van der Waals surface area contributed by atoms with Crippen molar-refractivity contribution in [2.24, 2.45) is 5.73 Å². The van der Waals surface area contributed by atoms with Crippen LogP contribution >= 0.6 is 0 Å². The molecule has 8 heteroatoms. The fourth-order valence-electron chi connectivity index (χ4n) is 4.38. The molecule has 1 saturated heterocycles. The van der Waals surface area contributed by atoms with Gasteiger partial charge in [0.05, 0.1) is 5.69 Å². The number of nitrogens with one attached hydrogen (secondary N) is 1. The Bertz CT molecular complexity index is 1370. The number of nitrogens with zero attached hydrogens (tertiary/aromatic N) is 4. The van der Waals surface area contributed by atoms with Crippen molar-refractivity contribution in [1.82, 2.24) is 25.0 Å². The van der Waals surface area contributed by atoms with Crippen LogP contribution in [0.4, 0.5) is 0 Å². The zero-order valence-corrected chi connectivity index (χ0v) is 20.1. The van der Waals surface area contributed by atoms with E-state index in [1.165, 1.54) is 11.1 Å². The van der Waals surface area contributed by atoms with Crippen LogP contribution in [-0.4, -0.2) is 57.7 Å². The van der Waals surface area contributed by atoms with Crippen LogP contribution < -0.4 is 11.1 Å². The normalized spacial score (nSPS) is 13.5. The second-order valence-corrected chi connectivity index (χ2v) is 8.96. The fourth-order valence-corrected chi connectivity index (χ4v) is 4.38. The highest BCUT2D eigenvalue weighted by atomic mass is 16.2. The first kappa shape index (κ1) is 23.4. The number of pyridine rings is 1. The van der Waals surface area contributed by atoms with Gasteiger partial charge in [-0.15, -0.1) is 0 Å². The van der Waals surface area contributed by atoms with E-state index in [1.54, 1.807) is 16.9 Å². The number of aryl methyl sites for hydroxylation is 1. The molecular formula is C28H28N6O2. The van der Waals surface area contributed by atoms with Gasteiger partial charge in [-0.25, -0.2) is 4.68 Å². The standard InChI is InChI=1S/C28H28N6O2/c1-19-16-26(27(29)35)32-34(19)24-9-4-21(5-10-24)17-20-2-6-22(7-3-20)23-8-11-25(31-18-23)28(36)33-14-12-30-13-15-33/h2-11,16,18,30H,12-15,17H2,1H3,(H2,29,35). The van der Waals surface area contributed by atoms with Gasteiger partial charge >= 0.3 is 0 Å². The number of aromatic nitrogens is 3. The zero-order valence-electron chi connectivity index (χ0n) is 20.1. The number of carbonyl (C=O) groups is 2. The molecule has 3 heterocycles. The van der Waals surface area contributed by atoms with E-state index in [1.807, 2.05) is 36.1 Å². The van der Waals surface area contributed by atoms with Gasteiger partial charge in [0.25, 0.3) is 11.8 Å². The molecule has 2 amide bonds. The minimum atomic E-state index is -0.535. The minimum absolute atomic E-state index is 0.0135. The predicted octanol–water partition coefficient (Wildman–Crippen LogP) is 2.98. The summed E-state index contributed by atoms with van der Waals surface area (Å²) >= 11 is 0. The number of nitrogens with two attached hydrogens (primary N) is 1. The molecule has 36 heavy (non-hydrogen) atoms. The number of hydrogen-bond acceptors (Lipinski definition) is 5. The number of carbonyl (C=O) groups excluding carboxylic acids is 2. The number of amides is 2. The smallest absolute Gasteiger partial charge is 0.272 e. The molecule has 182 valence electrons. The van der Waals surface area contributed by atoms with Crippen LogP contribution in [0.3, 0.4) is 0 Å². The van der Waals surface area contributed by atoms with Crippen LogP contribution in [0.15, 0.2) is 72.9 Å². The van der Waals surface area contributed by atoms with Gasteiger partial charge in [0.15, 0.2) is 5.69 Å². The Morgan fingerprint density at radius 3 is 2.11 bits per heavy atom. The van der Waals surface area contributed by atoms with Crippen molar-refractivity contribution in [3.8, 4) is 16.8 Å². The first-order valence-corrected chi connectivity index (χ1v) is 12.0. The quantitative estimate of drug-likeness (QED) is 0.441. The van der Waals surface area contributed by atoms with Crippen LogP contribution in [0.25, 0.3) is 16.8 Å².